The zero-order chi connectivity index (χ0) is 8.53. The maximum absolute atomic E-state index is 10.6. The summed E-state index contributed by atoms with van der Waals surface area (Å²) >= 11 is 0. The third-order valence-corrected chi connectivity index (χ3v) is 0.980. The van der Waals surface area contributed by atoms with E-state index in [1.165, 1.54) is 6.08 Å². The molecule has 0 aliphatic heterocycles. The summed E-state index contributed by atoms with van der Waals surface area (Å²) in [5.74, 6) is -0.322. The van der Waals surface area contributed by atoms with Crippen molar-refractivity contribution in [3.05, 3.63) is 12.7 Å². The average molecular weight is 158 g/mol. The highest BCUT2D eigenvalue weighted by molar-refractivity contribution is 5.70. The monoisotopic (exact) mass is 158 g/mol. The van der Waals surface area contributed by atoms with Crippen LogP contribution in [0.4, 0.5) is 0 Å². The van der Waals surface area contributed by atoms with Crippen LogP contribution in [0.15, 0.2) is 12.7 Å². The molecule has 0 spiro atoms. The molecule has 0 heterocycles. The summed E-state index contributed by atoms with van der Waals surface area (Å²) in [6, 6.07) is 0. The van der Waals surface area contributed by atoms with Crippen molar-refractivity contribution >= 4 is 5.97 Å². The van der Waals surface area contributed by atoms with Crippen molar-refractivity contribution in [1.29, 1.82) is 0 Å². The Kier molecular flexibility index (Phi) is 6.67. The Morgan fingerprint density at radius 1 is 1.73 bits per heavy atom. The van der Waals surface area contributed by atoms with Crippen LogP contribution in [0, 0.1) is 0 Å². The van der Waals surface area contributed by atoms with Crippen LogP contribution in [0.1, 0.15) is 12.8 Å². The van der Waals surface area contributed by atoms with Crippen LogP contribution < -0.4 is 11.2 Å². The Balaban J connectivity index is 3.10. The molecule has 0 fully saturated rings. The number of nitrogens with one attached hydrogen (secondary N) is 1. The number of carbonyl (C=O) groups excluding carboxylic acids is 1. The SMILES string of the molecule is C=CCC(=O)ONCCCN. The predicted molar refractivity (Wildman–Crippen MR) is 42.6 cm³/mol. The van der Waals surface area contributed by atoms with Crippen LogP contribution >= 0.6 is 0 Å². The van der Waals surface area contributed by atoms with Crippen molar-refractivity contribution in [2.45, 2.75) is 12.8 Å². The van der Waals surface area contributed by atoms with E-state index < -0.39 is 0 Å². The maximum Gasteiger partial charge on any atom is 0.328 e. The minimum Gasteiger partial charge on any atom is -0.370 e. The van der Waals surface area contributed by atoms with Crippen molar-refractivity contribution < 1.29 is 9.63 Å². The van der Waals surface area contributed by atoms with E-state index in [0.717, 1.165) is 6.42 Å². The first-order valence-corrected chi connectivity index (χ1v) is 3.54. The minimum atomic E-state index is -0.322. The number of hydroxylamine groups is 1. The zero-order valence-corrected chi connectivity index (χ0v) is 6.51. The van der Waals surface area contributed by atoms with Gasteiger partial charge >= 0.3 is 5.97 Å². The molecule has 4 heteroatoms. The summed E-state index contributed by atoms with van der Waals surface area (Å²) in [7, 11) is 0. The molecule has 0 aliphatic rings. The third kappa shape index (κ3) is 7.02. The number of carbonyl (C=O) groups is 1. The Morgan fingerprint density at radius 2 is 2.45 bits per heavy atom. The van der Waals surface area contributed by atoms with Crippen molar-refractivity contribution in [3.63, 3.8) is 0 Å². The summed E-state index contributed by atoms with van der Waals surface area (Å²) in [5, 5.41) is 0. The molecule has 0 aliphatic carbocycles. The summed E-state index contributed by atoms with van der Waals surface area (Å²) < 4.78 is 0. The van der Waals surface area contributed by atoms with Gasteiger partial charge in [0.1, 0.15) is 0 Å². The molecule has 3 N–H and O–H groups in total. The topological polar surface area (TPSA) is 64.3 Å². The molecule has 0 rings (SSSR count). The van der Waals surface area contributed by atoms with Crippen molar-refractivity contribution in [3.8, 4) is 0 Å². The molecule has 11 heavy (non-hydrogen) atoms. The fourth-order valence-corrected chi connectivity index (χ4v) is 0.465. The van der Waals surface area contributed by atoms with Gasteiger partial charge in [-0.3, -0.25) is 4.79 Å². The first-order chi connectivity index (χ1) is 5.31. The highest BCUT2D eigenvalue weighted by atomic mass is 16.7. The van der Waals surface area contributed by atoms with E-state index in [1.807, 2.05) is 0 Å². The van der Waals surface area contributed by atoms with Crippen molar-refractivity contribution in [2.24, 2.45) is 5.73 Å². The molecular weight excluding hydrogens is 144 g/mol. The Hall–Kier alpha value is -0.870. The second kappa shape index (κ2) is 7.24. The summed E-state index contributed by atoms with van der Waals surface area (Å²) in [6.07, 6.45) is 2.52. The Bertz CT molecular complexity index is 126. The first-order valence-electron chi connectivity index (χ1n) is 3.54. The molecule has 0 aromatic heterocycles. The van der Waals surface area contributed by atoms with E-state index in [4.69, 9.17) is 5.73 Å². The van der Waals surface area contributed by atoms with Crippen LogP contribution in [0.3, 0.4) is 0 Å². The number of hydrogen-bond donors (Lipinski definition) is 2. The molecule has 0 bridgehead atoms. The standard InChI is InChI=1S/C7H14N2O2/c1-2-4-7(10)11-9-6-3-5-8/h2,9H,1,3-6,8H2. The molecule has 0 atom stereocenters. The molecular formula is C7H14N2O2. The fraction of sp³-hybridized carbons (Fsp3) is 0.571. The van der Waals surface area contributed by atoms with Crippen molar-refractivity contribution in [2.75, 3.05) is 13.1 Å². The van der Waals surface area contributed by atoms with Gasteiger partial charge in [0.25, 0.3) is 0 Å². The molecule has 0 aromatic carbocycles. The van der Waals surface area contributed by atoms with Gasteiger partial charge in [0, 0.05) is 6.54 Å². The Labute approximate surface area is 66.4 Å². The van der Waals surface area contributed by atoms with Gasteiger partial charge in [0.15, 0.2) is 0 Å². The van der Waals surface area contributed by atoms with Crippen molar-refractivity contribution in [1.82, 2.24) is 5.48 Å². The number of rotatable bonds is 6. The maximum atomic E-state index is 10.6. The van der Waals surface area contributed by atoms with E-state index in [9.17, 15) is 4.79 Å². The second-order valence-corrected chi connectivity index (χ2v) is 2.00. The van der Waals surface area contributed by atoms with E-state index in [1.54, 1.807) is 0 Å². The van der Waals surface area contributed by atoms with Crippen LogP contribution in [-0.2, 0) is 9.63 Å². The normalized spacial score (nSPS) is 9.18. The quantitative estimate of drug-likeness (QED) is 0.323. The fourth-order valence-electron chi connectivity index (χ4n) is 0.465. The van der Waals surface area contributed by atoms with Crippen LogP contribution in [-0.4, -0.2) is 19.1 Å². The molecule has 0 aromatic rings. The van der Waals surface area contributed by atoms with E-state index in [0.29, 0.717) is 13.1 Å². The molecule has 0 amide bonds. The van der Waals surface area contributed by atoms with Gasteiger partial charge in [-0.15, -0.1) is 6.58 Å². The average Bonchev–Trinajstić information content (AvgIpc) is 1.99. The predicted octanol–water partition coefficient (Wildman–Crippen LogP) is -0.0409. The Morgan fingerprint density at radius 3 is 3.00 bits per heavy atom. The molecule has 0 radical (unpaired) electrons. The lowest BCUT2D eigenvalue weighted by molar-refractivity contribution is -0.149. The number of nitrogens with two attached hydrogens (primary N) is 1. The zero-order valence-electron chi connectivity index (χ0n) is 6.51. The van der Waals surface area contributed by atoms with E-state index in [-0.39, 0.29) is 12.4 Å². The highest BCUT2D eigenvalue weighted by Gasteiger charge is 1.96. The summed E-state index contributed by atoms with van der Waals surface area (Å²) in [5.41, 5.74) is 7.70. The van der Waals surface area contributed by atoms with Crippen LogP contribution in [0.25, 0.3) is 0 Å². The van der Waals surface area contributed by atoms with Gasteiger partial charge in [-0.25, -0.2) is 0 Å². The lowest BCUT2D eigenvalue weighted by atomic mass is 10.4. The van der Waals surface area contributed by atoms with E-state index >= 15 is 0 Å². The van der Waals surface area contributed by atoms with Gasteiger partial charge in [-0.1, -0.05) is 6.08 Å². The summed E-state index contributed by atoms with van der Waals surface area (Å²) in [6.45, 7) is 4.58. The lowest BCUT2D eigenvalue weighted by Gasteiger charge is -2.02. The van der Waals surface area contributed by atoms with Gasteiger partial charge in [0.2, 0.25) is 0 Å². The molecule has 0 saturated carbocycles. The summed E-state index contributed by atoms with van der Waals surface area (Å²) in [4.78, 5) is 15.2. The van der Waals surface area contributed by atoms with Gasteiger partial charge in [0.05, 0.1) is 6.42 Å². The van der Waals surface area contributed by atoms with Gasteiger partial charge < -0.3 is 10.6 Å². The minimum absolute atomic E-state index is 0.232. The molecule has 0 unspecified atom stereocenters. The highest BCUT2D eigenvalue weighted by Crippen LogP contribution is 1.83. The van der Waals surface area contributed by atoms with Gasteiger partial charge in [-0.2, -0.15) is 5.48 Å². The second-order valence-electron chi connectivity index (χ2n) is 2.00. The third-order valence-electron chi connectivity index (χ3n) is 0.980. The van der Waals surface area contributed by atoms with E-state index in [2.05, 4.69) is 16.9 Å². The first kappa shape index (κ1) is 10.1. The van der Waals surface area contributed by atoms with Gasteiger partial charge in [-0.05, 0) is 13.0 Å². The molecule has 0 saturated heterocycles. The van der Waals surface area contributed by atoms with Crippen LogP contribution in [0.5, 0.6) is 0 Å². The largest absolute Gasteiger partial charge is 0.370 e. The number of hydrogen-bond acceptors (Lipinski definition) is 4. The molecule has 4 nitrogen and oxygen atoms in total. The lowest BCUT2D eigenvalue weighted by Crippen LogP contribution is -2.22. The molecule has 64 valence electrons. The van der Waals surface area contributed by atoms with Crippen LogP contribution in [0.2, 0.25) is 0 Å². The smallest absolute Gasteiger partial charge is 0.328 e.